The Balaban J connectivity index is 2.30. The molecule has 0 saturated carbocycles. The van der Waals surface area contributed by atoms with E-state index in [-0.39, 0.29) is 6.04 Å². The van der Waals surface area contributed by atoms with Crippen LogP contribution in [0.4, 0.5) is 8.78 Å². The highest BCUT2D eigenvalue weighted by molar-refractivity contribution is 6.30. The molecule has 0 amide bonds. The van der Waals surface area contributed by atoms with Gasteiger partial charge in [-0.25, -0.2) is 13.8 Å². The van der Waals surface area contributed by atoms with Gasteiger partial charge in [0.15, 0.2) is 11.6 Å². The van der Waals surface area contributed by atoms with Crippen LogP contribution in [-0.2, 0) is 0 Å². The first-order valence-corrected chi connectivity index (χ1v) is 7.22. The van der Waals surface area contributed by atoms with Crippen LogP contribution in [0.5, 0.6) is 0 Å². The van der Waals surface area contributed by atoms with Crippen LogP contribution in [-0.4, -0.2) is 16.1 Å². The smallest absolute Gasteiger partial charge is 0.161 e. The van der Waals surface area contributed by atoms with Gasteiger partial charge in [-0.2, -0.15) is 0 Å². The second-order valence-corrected chi connectivity index (χ2v) is 5.59. The van der Waals surface area contributed by atoms with Crippen LogP contribution in [0.2, 0.25) is 5.02 Å². The Labute approximate surface area is 131 Å². The zero-order chi connectivity index (χ0) is 15.9. The third kappa shape index (κ3) is 2.46. The number of halogens is 3. The number of hydrogen-bond acceptors (Lipinski definition) is 2. The molecule has 114 valence electrons. The van der Waals surface area contributed by atoms with Crippen molar-refractivity contribution in [3.05, 3.63) is 53.1 Å². The van der Waals surface area contributed by atoms with E-state index >= 15 is 0 Å². The highest BCUT2D eigenvalue weighted by atomic mass is 35.5. The number of aromatic nitrogens is 2. The van der Waals surface area contributed by atoms with Crippen LogP contribution >= 0.6 is 11.6 Å². The second kappa shape index (κ2) is 5.66. The zero-order valence-corrected chi connectivity index (χ0v) is 12.6. The highest BCUT2D eigenvalue weighted by Gasteiger charge is 2.18. The Hall–Kier alpha value is -1.98. The molecule has 3 nitrogen and oxygen atoms in total. The van der Waals surface area contributed by atoms with Crippen molar-refractivity contribution in [1.82, 2.24) is 9.55 Å². The summed E-state index contributed by atoms with van der Waals surface area (Å²) >= 11 is 5.90. The van der Waals surface area contributed by atoms with Crippen LogP contribution in [0, 0.1) is 11.6 Å². The van der Waals surface area contributed by atoms with Crippen LogP contribution in [0.15, 0.2) is 36.4 Å². The molecular formula is C16H14ClF2N3. The van der Waals surface area contributed by atoms with Gasteiger partial charge in [-0.15, -0.1) is 0 Å². The maximum atomic E-state index is 13.6. The van der Waals surface area contributed by atoms with Crippen LogP contribution in [0.1, 0.15) is 13.0 Å². The minimum Gasteiger partial charge on any atom is -0.328 e. The van der Waals surface area contributed by atoms with E-state index in [0.29, 0.717) is 28.4 Å². The molecule has 1 aromatic heterocycles. The summed E-state index contributed by atoms with van der Waals surface area (Å²) in [5.41, 5.74) is 7.47. The fraction of sp³-hybridized carbons (Fsp3) is 0.188. The predicted molar refractivity (Wildman–Crippen MR) is 83.9 cm³/mol. The number of hydrogen-bond donors (Lipinski definition) is 1. The van der Waals surface area contributed by atoms with Crippen molar-refractivity contribution in [3.63, 3.8) is 0 Å². The van der Waals surface area contributed by atoms with Gasteiger partial charge in [-0.1, -0.05) is 11.6 Å². The Morgan fingerprint density at radius 1 is 1.18 bits per heavy atom. The lowest BCUT2D eigenvalue weighted by molar-refractivity contribution is 0.509. The molecule has 2 N–H and O–H groups in total. The number of nitrogens with zero attached hydrogens (tertiary/aromatic N) is 2. The summed E-state index contributed by atoms with van der Waals surface area (Å²) in [4.78, 5) is 4.44. The molecule has 0 aliphatic carbocycles. The van der Waals surface area contributed by atoms with Gasteiger partial charge < -0.3 is 10.3 Å². The Morgan fingerprint density at radius 2 is 1.82 bits per heavy atom. The molecule has 3 aromatic rings. The minimum absolute atomic E-state index is 0.111. The number of fused-ring (bicyclic) bond motifs is 1. The molecule has 0 spiro atoms. The standard InChI is InChI=1S/C16H14ClF2N3/c1-9(8-20)22-15-7-13(19)12(18)6-14(15)21-16(22)10-2-4-11(17)5-3-10/h2-7,9H,8,20H2,1H3. The molecule has 1 atom stereocenters. The maximum absolute atomic E-state index is 13.6. The molecule has 0 bridgehead atoms. The molecule has 22 heavy (non-hydrogen) atoms. The Bertz CT molecular complexity index is 828. The van der Waals surface area contributed by atoms with Crippen molar-refractivity contribution in [3.8, 4) is 11.4 Å². The van der Waals surface area contributed by atoms with Gasteiger partial charge >= 0.3 is 0 Å². The third-order valence-corrected chi connectivity index (χ3v) is 3.87. The van der Waals surface area contributed by atoms with E-state index in [2.05, 4.69) is 4.98 Å². The van der Waals surface area contributed by atoms with Crippen molar-refractivity contribution in [2.75, 3.05) is 6.54 Å². The summed E-state index contributed by atoms with van der Waals surface area (Å²) < 4.78 is 28.9. The molecule has 1 unspecified atom stereocenters. The van der Waals surface area contributed by atoms with Crippen molar-refractivity contribution >= 4 is 22.6 Å². The van der Waals surface area contributed by atoms with Gasteiger partial charge in [0.1, 0.15) is 5.82 Å². The number of nitrogens with two attached hydrogens (primary N) is 1. The van der Waals surface area contributed by atoms with E-state index in [1.807, 2.05) is 23.6 Å². The lowest BCUT2D eigenvalue weighted by Gasteiger charge is -2.16. The van der Waals surface area contributed by atoms with Gasteiger partial charge in [0.25, 0.3) is 0 Å². The second-order valence-electron chi connectivity index (χ2n) is 5.15. The van der Waals surface area contributed by atoms with Crippen LogP contribution in [0.25, 0.3) is 22.4 Å². The summed E-state index contributed by atoms with van der Waals surface area (Å²) in [6.07, 6.45) is 0. The van der Waals surface area contributed by atoms with Gasteiger partial charge in [0, 0.05) is 35.3 Å². The summed E-state index contributed by atoms with van der Waals surface area (Å²) in [7, 11) is 0. The van der Waals surface area contributed by atoms with E-state index < -0.39 is 11.6 Å². The lowest BCUT2D eigenvalue weighted by Crippen LogP contribution is -2.17. The molecule has 3 rings (SSSR count). The largest absolute Gasteiger partial charge is 0.328 e. The molecule has 0 fully saturated rings. The monoisotopic (exact) mass is 321 g/mol. The topological polar surface area (TPSA) is 43.8 Å². The summed E-state index contributed by atoms with van der Waals surface area (Å²) in [5, 5.41) is 0.607. The number of rotatable bonds is 3. The van der Waals surface area contributed by atoms with Crippen molar-refractivity contribution in [2.45, 2.75) is 13.0 Å². The van der Waals surface area contributed by atoms with E-state index in [1.54, 1.807) is 12.1 Å². The minimum atomic E-state index is -0.916. The van der Waals surface area contributed by atoms with Crippen LogP contribution < -0.4 is 5.73 Å². The Morgan fingerprint density at radius 3 is 2.45 bits per heavy atom. The SMILES string of the molecule is CC(CN)n1c(-c2ccc(Cl)cc2)nc2cc(F)c(F)cc21. The first kappa shape index (κ1) is 14.9. The van der Waals surface area contributed by atoms with E-state index in [4.69, 9.17) is 17.3 Å². The first-order chi connectivity index (χ1) is 10.5. The molecule has 0 aliphatic rings. The average Bonchev–Trinajstić information content (AvgIpc) is 2.86. The summed E-state index contributed by atoms with van der Waals surface area (Å²) in [5.74, 6) is -1.21. The first-order valence-electron chi connectivity index (χ1n) is 6.84. The average molecular weight is 322 g/mol. The zero-order valence-electron chi connectivity index (χ0n) is 11.9. The van der Waals surface area contributed by atoms with E-state index in [0.717, 1.165) is 17.7 Å². The van der Waals surface area contributed by atoms with E-state index in [9.17, 15) is 8.78 Å². The molecule has 2 aromatic carbocycles. The highest BCUT2D eigenvalue weighted by Crippen LogP contribution is 2.30. The van der Waals surface area contributed by atoms with Gasteiger partial charge in [0.2, 0.25) is 0 Å². The molecule has 6 heteroatoms. The normalized spacial score (nSPS) is 12.8. The molecule has 0 radical (unpaired) electrons. The predicted octanol–water partition coefficient (Wildman–Crippen LogP) is 4.15. The van der Waals surface area contributed by atoms with Gasteiger partial charge in [0.05, 0.1) is 11.0 Å². The van der Waals surface area contributed by atoms with Crippen molar-refractivity contribution < 1.29 is 8.78 Å². The van der Waals surface area contributed by atoms with Crippen molar-refractivity contribution in [1.29, 1.82) is 0 Å². The molecule has 0 aliphatic heterocycles. The Kier molecular flexibility index (Phi) is 3.85. The third-order valence-electron chi connectivity index (χ3n) is 3.62. The van der Waals surface area contributed by atoms with Crippen LogP contribution in [0.3, 0.4) is 0 Å². The van der Waals surface area contributed by atoms with Gasteiger partial charge in [-0.05, 0) is 31.2 Å². The summed E-state index contributed by atoms with van der Waals surface area (Å²) in [6, 6.07) is 9.27. The van der Waals surface area contributed by atoms with Crippen molar-refractivity contribution in [2.24, 2.45) is 5.73 Å². The molecular weight excluding hydrogens is 308 g/mol. The summed E-state index contributed by atoms with van der Waals surface area (Å²) in [6.45, 7) is 2.26. The lowest BCUT2D eigenvalue weighted by atomic mass is 10.2. The fourth-order valence-electron chi connectivity index (χ4n) is 2.44. The number of benzene rings is 2. The molecule has 0 saturated heterocycles. The fourth-order valence-corrected chi connectivity index (χ4v) is 2.57. The molecule has 1 heterocycles. The van der Waals surface area contributed by atoms with Gasteiger partial charge in [-0.3, -0.25) is 0 Å². The van der Waals surface area contributed by atoms with E-state index in [1.165, 1.54) is 0 Å². The number of imidazole rings is 1. The maximum Gasteiger partial charge on any atom is 0.161 e. The quantitative estimate of drug-likeness (QED) is 0.787.